The van der Waals surface area contributed by atoms with Gasteiger partial charge in [0.15, 0.2) is 22.7 Å². The van der Waals surface area contributed by atoms with Crippen LogP contribution in [0.3, 0.4) is 0 Å². The molecular weight excluding hydrogens is 458 g/mol. The zero-order chi connectivity index (χ0) is 25.7. The number of imidazole rings is 1. The summed E-state index contributed by atoms with van der Waals surface area (Å²) in [6.07, 6.45) is 1.85. The molecular formula is C23H32N5O7+. The summed E-state index contributed by atoms with van der Waals surface area (Å²) in [4.78, 5) is 43.9. The topological polar surface area (TPSA) is 120 Å². The van der Waals surface area contributed by atoms with Gasteiger partial charge in [-0.2, -0.15) is 0 Å². The van der Waals surface area contributed by atoms with Crippen molar-refractivity contribution in [3.8, 4) is 17.2 Å². The minimum Gasteiger partial charge on any atom is -0.493 e. The molecule has 1 aromatic carbocycles. The molecule has 0 radical (unpaired) electrons. The van der Waals surface area contributed by atoms with Gasteiger partial charge in [0.1, 0.15) is 0 Å². The second kappa shape index (κ2) is 11.1. The number of hydrogen-bond acceptors (Lipinski definition) is 8. The van der Waals surface area contributed by atoms with E-state index in [9.17, 15) is 14.4 Å². The highest BCUT2D eigenvalue weighted by Crippen LogP contribution is 2.38. The predicted octanol–water partition coefficient (Wildman–Crippen LogP) is -0.686. The Kier molecular flexibility index (Phi) is 8.18. The maximum absolute atomic E-state index is 13.1. The molecule has 12 heteroatoms. The SMILES string of the molecule is COc1cc(C(=O)OCCCn2c(=O)c3c(ncn3CC[NH+](C)C)n(C)c2=O)cc(OC)c1OC. The first kappa shape index (κ1) is 25.8. The van der Waals surface area contributed by atoms with Gasteiger partial charge in [-0.15, -0.1) is 0 Å². The van der Waals surface area contributed by atoms with Crippen LogP contribution in [0.1, 0.15) is 16.8 Å². The van der Waals surface area contributed by atoms with Gasteiger partial charge in [-0.25, -0.2) is 14.6 Å². The maximum atomic E-state index is 13.1. The number of fused-ring (bicyclic) bond motifs is 1. The number of carbonyl (C=O) groups is 1. The molecule has 35 heavy (non-hydrogen) atoms. The number of hydrogen-bond donors (Lipinski definition) is 1. The van der Waals surface area contributed by atoms with Crippen LogP contribution >= 0.6 is 0 Å². The summed E-state index contributed by atoms with van der Waals surface area (Å²) >= 11 is 0. The Bertz CT molecular complexity index is 1300. The normalized spacial score (nSPS) is 11.2. The molecule has 0 unspecified atom stereocenters. The van der Waals surface area contributed by atoms with E-state index in [0.717, 1.165) is 11.1 Å². The van der Waals surface area contributed by atoms with Crippen molar-refractivity contribution < 1.29 is 28.6 Å². The summed E-state index contributed by atoms with van der Waals surface area (Å²) in [6.45, 7) is 1.49. The molecule has 0 aliphatic carbocycles. The van der Waals surface area contributed by atoms with E-state index in [1.54, 1.807) is 17.9 Å². The second-order valence-electron chi connectivity index (χ2n) is 8.27. The minimum atomic E-state index is -0.593. The van der Waals surface area contributed by atoms with Gasteiger partial charge in [-0.3, -0.25) is 13.9 Å². The smallest absolute Gasteiger partial charge is 0.338 e. The molecule has 2 heterocycles. The number of nitrogens with zero attached hydrogens (tertiary/aromatic N) is 4. The Balaban J connectivity index is 1.74. The van der Waals surface area contributed by atoms with E-state index in [1.807, 2.05) is 14.1 Å². The summed E-state index contributed by atoms with van der Waals surface area (Å²) < 4.78 is 25.4. The van der Waals surface area contributed by atoms with Crippen LogP contribution in [0.2, 0.25) is 0 Å². The Morgan fingerprint density at radius 2 is 1.69 bits per heavy atom. The van der Waals surface area contributed by atoms with E-state index < -0.39 is 17.2 Å². The van der Waals surface area contributed by atoms with Gasteiger partial charge in [-0.05, 0) is 18.6 Å². The molecule has 0 aliphatic heterocycles. The molecule has 0 fully saturated rings. The van der Waals surface area contributed by atoms with Crippen molar-refractivity contribution in [2.24, 2.45) is 7.05 Å². The fourth-order valence-corrected chi connectivity index (χ4v) is 3.70. The van der Waals surface area contributed by atoms with Gasteiger partial charge in [0, 0.05) is 13.6 Å². The average molecular weight is 491 g/mol. The molecule has 0 saturated carbocycles. The summed E-state index contributed by atoms with van der Waals surface area (Å²) in [5.41, 5.74) is 0.0646. The molecule has 190 valence electrons. The molecule has 1 N–H and O–H groups in total. The number of aryl methyl sites for hydroxylation is 1. The molecule has 0 bridgehead atoms. The number of nitrogens with one attached hydrogen (secondary N) is 1. The lowest BCUT2D eigenvalue weighted by Crippen LogP contribution is -3.06. The van der Waals surface area contributed by atoms with E-state index in [2.05, 4.69) is 4.98 Å². The largest absolute Gasteiger partial charge is 0.493 e. The highest BCUT2D eigenvalue weighted by atomic mass is 16.5. The van der Waals surface area contributed by atoms with E-state index >= 15 is 0 Å². The lowest BCUT2D eigenvalue weighted by Gasteiger charge is -2.14. The van der Waals surface area contributed by atoms with Gasteiger partial charge < -0.3 is 28.4 Å². The first-order valence-corrected chi connectivity index (χ1v) is 11.1. The third kappa shape index (κ3) is 5.32. The molecule has 0 aliphatic rings. The molecule has 0 spiro atoms. The fourth-order valence-electron chi connectivity index (χ4n) is 3.70. The van der Waals surface area contributed by atoms with Crippen molar-refractivity contribution in [2.75, 3.05) is 48.6 Å². The molecule has 3 aromatic rings. The highest BCUT2D eigenvalue weighted by molar-refractivity contribution is 5.91. The monoisotopic (exact) mass is 490 g/mol. The molecule has 0 atom stereocenters. The third-order valence-electron chi connectivity index (χ3n) is 5.61. The first-order chi connectivity index (χ1) is 16.7. The number of esters is 1. The van der Waals surface area contributed by atoms with E-state index in [0.29, 0.717) is 35.0 Å². The average Bonchev–Trinajstić information content (AvgIpc) is 3.28. The number of rotatable bonds is 11. The second-order valence-corrected chi connectivity index (χ2v) is 8.27. The quantitative estimate of drug-likeness (QED) is 0.277. The van der Waals surface area contributed by atoms with E-state index in [4.69, 9.17) is 18.9 Å². The van der Waals surface area contributed by atoms with Gasteiger partial charge in [-0.1, -0.05) is 0 Å². The lowest BCUT2D eigenvalue weighted by atomic mass is 10.2. The van der Waals surface area contributed by atoms with Crippen molar-refractivity contribution in [3.63, 3.8) is 0 Å². The number of likely N-dealkylation sites (N-methyl/N-ethyl adjacent to an activating group) is 1. The summed E-state index contributed by atoms with van der Waals surface area (Å²) in [5.74, 6) is 0.428. The van der Waals surface area contributed by atoms with Gasteiger partial charge >= 0.3 is 11.7 Å². The van der Waals surface area contributed by atoms with E-state index in [1.165, 1.54) is 42.9 Å². The Morgan fingerprint density at radius 1 is 1.03 bits per heavy atom. The zero-order valence-electron chi connectivity index (χ0n) is 20.9. The number of quaternary nitrogens is 1. The maximum Gasteiger partial charge on any atom is 0.338 e. The van der Waals surface area contributed by atoms with Gasteiger partial charge in [0.05, 0.1) is 67.0 Å². The number of ether oxygens (including phenoxy) is 4. The van der Waals surface area contributed by atoms with Crippen molar-refractivity contribution in [3.05, 3.63) is 44.9 Å². The Labute approximate surface area is 202 Å². The van der Waals surface area contributed by atoms with Crippen LogP contribution in [0, 0.1) is 0 Å². The lowest BCUT2D eigenvalue weighted by molar-refractivity contribution is -0.858. The zero-order valence-corrected chi connectivity index (χ0v) is 20.9. The summed E-state index contributed by atoms with van der Waals surface area (Å²) in [5, 5.41) is 0. The summed E-state index contributed by atoms with van der Waals surface area (Å²) in [6, 6.07) is 2.99. The van der Waals surface area contributed by atoms with Crippen LogP contribution in [-0.4, -0.2) is 73.2 Å². The van der Waals surface area contributed by atoms with Crippen molar-refractivity contribution in [1.82, 2.24) is 18.7 Å². The minimum absolute atomic E-state index is 0.00633. The van der Waals surface area contributed by atoms with Crippen molar-refractivity contribution in [2.45, 2.75) is 19.5 Å². The van der Waals surface area contributed by atoms with Crippen LogP contribution in [0.15, 0.2) is 28.0 Å². The fraction of sp³-hybridized carbons (Fsp3) is 0.478. The van der Waals surface area contributed by atoms with Crippen molar-refractivity contribution in [1.29, 1.82) is 0 Å². The van der Waals surface area contributed by atoms with Crippen LogP contribution in [0.25, 0.3) is 11.2 Å². The first-order valence-electron chi connectivity index (χ1n) is 11.1. The standard InChI is InChI=1S/C23H31N5O7/c1-25(2)9-10-27-14-24-20-18(27)21(29)28(23(31)26(20)3)8-7-11-35-22(30)15-12-16(32-4)19(34-6)17(13-15)33-5/h12-14H,7-11H2,1-6H3/p+1. The van der Waals surface area contributed by atoms with Gasteiger partial charge in [0.25, 0.3) is 5.56 Å². The Hall–Kier alpha value is -3.80. The van der Waals surface area contributed by atoms with Gasteiger partial charge in [0.2, 0.25) is 5.75 Å². The van der Waals surface area contributed by atoms with Crippen LogP contribution in [0.5, 0.6) is 17.2 Å². The molecule has 2 aromatic heterocycles. The molecule has 0 saturated heterocycles. The van der Waals surface area contributed by atoms with E-state index in [-0.39, 0.29) is 25.1 Å². The van der Waals surface area contributed by atoms with Crippen molar-refractivity contribution >= 4 is 17.1 Å². The molecule has 12 nitrogen and oxygen atoms in total. The Morgan fingerprint density at radius 3 is 2.26 bits per heavy atom. The summed E-state index contributed by atoms with van der Waals surface area (Å²) in [7, 11) is 10.0. The predicted molar refractivity (Wildman–Crippen MR) is 128 cm³/mol. The number of benzene rings is 1. The third-order valence-corrected chi connectivity index (χ3v) is 5.61. The molecule has 3 rings (SSSR count). The number of aromatic nitrogens is 4. The van der Waals surface area contributed by atoms with Crippen LogP contribution in [0.4, 0.5) is 0 Å². The number of methoxy groups -OCH3 is 3. The van der Waals surface area contributed by atoms with Crippen LogP contribution < -0.4 is 30.4 Å². The van der Waals surface area contributed by atoms with Crippen LogP contribution in [-0.2, 0) is 24.9 Å². The number of carbonyl (C=O) groups excluding carboxylic acids is 1. The molecule has 0 amide bonds. The highest BCUT2D eigenvalue weighted by Gasteiger charge is 2.19.